The normalized spacial score (nSPS) is 23.7. The van der Waals surface area contributed by atoms with Crippen LogP contribution < -0.4 is 5.32 Å². The highest BCUT2D eigenvalue weighted by atomic mass is 35.5. The van der Waals surface area contributed by atoms with Crippen LogP contribution in [0.15, 0.2) is 30.5 Å². The van der Waals surface area contributed by atoms with Crippen LogP contribution in [-0.2, 0) is 11.3 Å². The number of aryl methyl sites for hydroxylation is 1. The van der Waals surface area contributed by atoms with Gasteiger partial charge in [-0.3, -0.25) is 19.5 Å². The van der Waals surface area contributed by atoms with Gasteiger partial charge in [0.25, 0.3) is 5.91 Å². The van der Waals surface area contributed by atoms with Gasteiger partial charge in [0.2, 0.25) is 11.8 Å². The van der Waals surface area contributed by atoms with Gasteiger partial charge in [-0.15, -0.1) is 0 Å². The van der Waals surface area contributed by atoms with Crippen LogP contribution in [0.25, 0.3) is 0 Å². The van der Waals surface area contributed by atoms with Crippen molar-refractivity contribution in [1.29, 1.82) is 0 Å². The number of aromatic nitrogens is 1. The summed E-state index contributed by atoms with van der Waals surface area (Å²) in [6, 6.07) is 7.30. The Labute approximate surface area is 208 Å². The van der Waals surface area contributed by atoms with Gasteiger partial charge >= 0.3 is 0 Å². The fourth-order valence-electron chi connectivity index (χ4n) is 5.59. The number of hydrogen-bond acceptors (Lipinski definition) is 4. The van der Waals surface area contributed by atoms with Crippen LogP contribution in [0.1, 0.15) is 52.9 Å². The zero-order valence-corrected chi connectivity index (χ0v) is 20.6. The number of carbonyl (C=O) groups is 2. The molecule has 1 N–H and O–H groups in total. The molecule has 3 fully saturated rings. The topological polar surface area (TPSA) is 65.5 Å². The van der Waals surface area contributed by atoms with Crippen LogP contribution in [0.5, 0.6) is 0 Å². The second kappa shape index (κ2) is 9.13. The number of fused-ring (bicyclic) bond motifs is 2. The molecule has 2 aliphatic heterocycles. The predicted molar refractivity (Wildman–Crippen MR) is 130 cm³/mol. The van der Waals surface area contributed by atoms with Crippen LogP contribution in [0.4, 0.5) is 14.5 Å². The molecule has 1 aromatic heterocycles. The molecule has 9 heteroatoms. The molecule has 0 radical (unpaired) electrons. The molecule has 186 valence electrons. The largest absolute Gasteiger partial charge is 0.334 e. The van der Waals surface area contributed by atoms with E-state index in [0.29, 0.717) is 35.9 Å². The van der Waals surface area contributed by atoms with E-state index in [9.17, 15) is 18.4 Å². The van der Waals surface area contributed by atoms with Gasteiger partial charge in [-0.05, 0) is 62.1 Å². The molecule has 3 heterocycles. The number of nitrogens with one attached hydrogen (secondary N) is 1. The molecule has 2 amide bonds. The van der Waals surface area contributed by atoms with Crippen molar-refractivity contribution in [2.45, 2.75) is 64.1 Å². The molecule has 0 spiro atoms. The quantitative estimate of drug-likeness (QED) is 0.636. The zero-order chi connectivity index (χ0) is 24.9. The number of alkyl halides is 2. The number of hydrogen-bond donors (Lipinski definition) is 1. The standard InChI is InChI=1S/C26H29ClF2N4O2/c1-15-3-4-17(11-30-15)24(34)31-23-8-20(27)7-18(16(23)2)12-32-13-21-5-6-22(14-32)33(21)25(35)19-9-26(28,29)10-19/h3-4,7-8,11,19,21-22H,5-6,9-10,12-14H2,1-2H3,(H,31,34). The molecule has 2 saturated heterocycles. The van der Waals surface area contributed by atoms with Crippen LogP contribution in [-0.4, -0.2) is 57.7 Å². The number of carbonyl (C=O) groups excluding carboxylic acids is 2. The molecule has 2 atom stereocenters. The molecule has 5 rings (SSSR count). The third kappa shape index (κ3) is 4.91. The van der Waals surface area contributed by atoms with E-state index in [1.54, 1.807) is 24.4 Å². The fraction of sp³-hybridized carbons (Fsp3) is 0.500. The van der Waals surface area contributed by atoms with Crippen molar-refractivity contribution in [3.05, 3.63) is 57.9 Å². The van der Waals surface area contributed by atoms with Gasteiger partial charge in [-0.2, -0.15) is 0 Å². The summed E-state index contributed by atoms with van der Waals surface area (Å²) in [4.78, 5) is 34.0. The van der Waals surface area contributed by atoms with Crippen molar-refractivity contribution < 1.29 is 18.4 Å². The van der Waals surface area contributed by atoms with E-state index in [4.69, 9.17) is 11.6 Å². The van der Waals surface area contributed by atoms with E-state index in [-0.39, 0.29) is 36.7 Å². The molecule has 2 unspecified atom stereocenters. The number of amides is 2. The van der Waals surface area contributed by atoms with E-state index >= 15 is 0 Å². The van der Waals surface area contributed by atoms with Gasteiger partial charge in [-0.1, -0.05) is 11.6 Å². The zero-order valence-electron chi connectivity index (χ0n) is 19.9. The number of rotatable bonds is 5. The molecule has 2 bridgehead atoms. The van der Waals surface area contributed by atoms with Crippen molar-refractivity contribution in [3.8, 4) is 0 Å². The number of benzene rings is 1. The third-order valence-electron chi connectivity index (χ3n) is 7.55. The van der Waals surface area contributed by atoms with Gasteiger partial charge in [0.1, 0.15) is 0 Å². The lowest BCUT2D eigenvalue weighted by Gasteiger charge is -2.45. The Morgan fingerprint density at radius 2 is 1.83 bits per heavy atom. The maximum atomic E-state index is 13.3. The van der Waals surface area contributed by atoms with E-state index in [0.717, 1.165) is 29.7 Å². The third-order valence-corrected chi connectivity index (χ3v) is 7.77. The molecular weight excluding hydrogens is 474 g/mol. The summed E-state index contributed by atoms with van der Waals surface area (Å²) in [5, 5.41) is 3.49. The molecule has 3 aliphatic rings. The number of likely N-dealkylation sites (tertiary alicyclic amines) is 1. The number of pyridine rings is 1. The summed E-state index contributed by atoms with van der Waals surface area (Å²) < 4.78 is 26.6. The molecular formula is C26H29ClF2N4O2. The lowest BCUT2D eigenvalue weighted by molar-refractivity contribution is -0.164. The minimum Gasteiger partial charge on any atom is -0.334 e. The Balaban J connectivity index is 1.26. The average molecular weight is 503 g/mol. The van der Waals surface area contributed by atoms with Gasteiger partial charge in [0.15, 0.2) is 0 Å². The number of piperazine rings is 1. The monoisotopic (exact) mass is 502 g/mol. The SMILES string of the molecule is Cc1ccc(C(=O)Nc2cc(Cl)cc(CN3CC4CCC(C3)N4C(=O)C3CC(F)(F)C3)c2C)cn1. The summed E-state index contributed by atoms with van der Waals surface area (Å²) in [7, 11) is 0. The first-order valence-corrected chi connectivity index (χ1v) is 12.4. The van der Waals surface area contributed by atoms with E-state index in [2.05, 4.69) is 15.2 Å². The molecule has 1 aromatic carbocycles. The van der Waals surface area contributed by atoms with Gasteiger partial charge < -0.3 is 10.2 Å². The van der Waals surface area contributed by atoms with Gasteiger partial charge in [-0.25, -0.2) is 8.78 Å². The summed E-state index contributed by atoms with van der Waals surface area (Å²) >= 11 is 6.41. The van der Waals surface area contributed by atoms with E-state index < -0.39 is 11.8 Å². The van der Waals surface area contributed by atoms with Crippen molar-refractivity contribution in [3.63, 3.8) is 0 Å². The van der Waals surface area contributed by atoms with Crippen LogP contribution in [0.3, 0.4) is 0 Å². The highest BCUT2D eigenvalue weighted by Crippen LogP contribution is 2.45. The molecule has 1 aliphatic carbocycles. The second-order valence-corrected chi connectivity index (χ2v) is 10.6. The summed E-state index contributed by atoms with van der Waals surface area (Å²) in [6.07, 6.45) is 2.71. The first kappa shape index (κ1) is 24.1. The second-order valence-electron chi connectivity index (χ2n) is 10.2. The Kier molecular flexibility index (Phi) is 6.30. The summed E-state index contributed by atoms with van der Waals surface area (Å²) in [5.74, 6) is -3.57. The summed E-state index contributed by atoms with van der Waals surface area (Å²) in [5.41, 5.74) is 3.90. The molecule has 1 saturated carbocycles. The first-order chi connectivity index (χ1) is 16.6. The Bertz CT molecular complexity index is 1130. The number of nitrogens with zero attached hydrogens (tertiary/aromatic N) is 3. The van der Waals surface area contributed by atoms with E-state index in [1.165, 1.54) is 0 Å². The molecule has 35 heavy (non-hydrogen) atoms. The van der Waals surface area contributed by atoms with Gasteiger partial charge in [0.05, 0.1) is 5.56 Å². The Hall–Kier alpha value is -2.58. The van der Waals surface area contributed by atoms with Crippen molar-refractivity contribution in [1.82, 2.24) is 14.8 Å². The lowest BCUT2D eigenvalue weighted by Crippen LogP contribution is -2.58. The van der Waals surface area contributed by atoms with E-state index in [1.807, 2.05) is 24.8 Å². The Morgan fingerprint density at radius 3 is 2.43 bits per heavy atom. The molecule has 6 nitrogen and oxygen atoms in total. The summed E-state index contributed by atoms with van der Waals surface area (Å²) in [6.45, 7) is 5.86. The number of halogens is 3. The average Bonchev–Trinajstić information content (AvgIpc) is 3.05. The van der Waals surface area contributed by atoms with Crippen molar-refractivity contribution in [2.75, 3.05) is 18.4 Å². The predicted octanol–water partition coefficient (Wildman–Crippen LogP) is 4.82. The maximum Gasteiger partial charge on any atom is 0.257 e. The smallest absolute Gasteiger partial charge is 0.257 e. The van der Waals surface area contributed by atoms with Crippen LogP contribution >= 0.6 is 11.6 Å². The highest BCUT2D eigenvalue weighted by molar-refractivity contribution is 6.31. The minimum absolute atomic E-state index is 0.0585. The minimum atomic E-state index is -2.69. The molecule has 2 aromatic rings. The van der Waals surface area contributed by atoms with Crippen LogP contribution in [0, 0.1) is 19.8 Å². The van der Waals surface area contributed by atoms with Crippen molar-refractivity contribution in [2.24, 2.45) is 5.92 Å². The maximum absolute atomic E-state index is 13.3. The van der Waals surface area contributed by atoms with Crippen molar-refractivity contribution >= 4 is 29.1 Å². The lowest BCUT2D eigenvalue weighted by atomic mass is 9.80. The number of anilines is 1. The van der Waals surface area contributed by atoms with Crippen LogP contribution in [0.2, 0.25) is 5.02 Å². The van der Waals surface area contributed by atoms with Gasteiger partial charge in [0, 0.05) is 73.1 Å². The Morgan fingerprint density at radius 1 is 1.14 bits per heavy atom. The fourth-order valence-corrected chi connectivity index (χ4v) is 5.83. The highest BCUT2D eigenvalue weighted by Gasteiger charge is 2.53. The first-order valence-electron chi connectivity index (χ1n) is 12.0.